The maximum Gasteiger partial charge on any atom is 0.164 e. The highest BCUT2D eigenvalue weighted by Crippen LogP contribution is 2.38. The summed E-state index contributed by atoms with van der Waals surface area (Å²) in [4.78, 5) is 14.9. The fourth-order valence-corrected chi connectivity index (χ4v) is 6.73. The van der Waals surface area contributed by atoms with Crippen LogP contribution < -0.4 is 0 Å². The number of para-hydroxylation sites is 2. The van der Waals surface area contributed by atoms with E-state index in [1.54, 1.807) is 12.1 Å². The molecule has 0 atom stereocenters. The molecular weight excluding hydrogens is 669 g/mol. The standard InChI is InChI=1S/C51H34N4/c1-5-15-35(16-6-1)37-25-27-39(28-26-37)50-52-49(38-19-9-3-10-20-38)53-51(54-50)43-32-41(36-17-7-2-8-18-36)31-42(33-43)40-29-30-48-46(34-40)45-23-13-14-24-47(45)55(48)44-21-11-4-12-22-44/h1-34H/i4D,11D,12D,13D,14D,21D,22D,23D,24D,29D,30D,34D. The molecule has 0 N–H and O–H groups in total. The van der Waals surface area contributed by atoms with Gasteiger partial charge in [-0.2, -0.15) is 0 Å². The Balaban J connectivity index is 1.27. The molecule has 0 aliphatic rings. The van der Waals surface area contributed by atoms with Crippen LogP contribution in [0.2, 0.25) is 0 Å². The van der Waals surface area contributed by atoms with Crippen LogP contribution in [-0.4, -0.2) is 19.5 Å². The molecule has 0 aliphatic heterocycles. The van der Waals surface area contributed by atoms with Gasteiger partial charge in [0.1, 0.15) is 0 Å². The maximum atomic E-state index is 9.90. The average Bonchev–Trinajstić information content (AvgIpc) is 3.72. The molecule has 0 aliphatic carbocycles. The summed E-state index contributed by atoms with van der Waals surface area (Å²) in [5.41, 5.74) is 4.59. The predicted octanol–water partition coefficient (Wildman–Crippen LogP) is 13.0. The van der Waals surface area contributed by atoms with E-state index >= 15 is 0 Å². The fraction of sp³-hybridized carbons (Fsp3) is 0. The minimum absolute atomic E-state index is 0.0573. The van der Waals surface area contributed by atoms with E-state index in [1.165, 1.54) is 0 Å². The van der Waals surface area contributed by atoms with Gasteiger partial charge in [0.25, 0.3) is 0 Å². The molecule has 0 spiro atoms. The second kappa shape index (κ2) is 13.8. The largest absolute Gasteiger partial charge is 0.309 e. The first kappa shape index (κ1) is 21.9. The van der Waals surface area contributed by atoms with Crippen molar-refractivity contribution in [1.29, 1.82) is 0 Å². The van der Waals surface area contributed by atoms with Gasteiger partial charge in [0, 0.05) is 33.2 Å². The molecule has 4 heteroatoms. The quantitative estimate of drug-likeness (QED) is 0.165. The topological polar surface area (TPSA) is 43.6 Å². The van der Waals surface area contributed by atoms with Crippen molar-refractivity contribution in [2.75, 3.05) is 0 Å². The number of rotatable bonds is 7. The summed E-state index contributed by atoms with van der Waals surface area (Å²) in [5.74, 6) is 1.06. The number of nitrogens with zero attached hydrogens (tertiary/aromatic N) is 4. The second-order valence-electron chi connectivity index (χ2n) is 12.8. The van der Waals surface area contributed by atoms with E-state index in [0.717, 1.165) is 32.4 Å². The van der Waals surface area contributed by atoms with Crippen LogP contribution in [0.15, 0.2) is 206 Å². The second-order valence-corrected chi connectivity index (χ2v) is 12.8. The van der Waals surface area contributed by atoms with Crippen LogP contribution in [0, 0.1) is 0 Å². The third kappa shape index (κ3) is 6.16. The SMILES string of the molecule is [2H]c1c([2H])c([2H])c(-n2c3c([2H])c([2H])c([2H])c([2H])c3c3c([2H])c(-c4cc(-c5ccccc5)cc(-c5nc(-c6ccccc6)nc(-c6ccc(-c7ccccc7)cc6)n5)c4)c([2H])c([2H])c32)c([2H])c1[2H]. The van der Waals surface area contributed by atoms with Crippen LogP contribution in [0.5, 0.6) is 0 Å². The minimum atomic E-state index is -0.710. The molecule has 0 fully saturated rings. The Morgan fingerprint density at radius 2 is 0.800 bits per heavy atom. The summed E-state index contributed by atoms with van der Waals surface area (Å²) in [5, 5.41) is -0.371. The lowest BCUT2D eigenvalue weighted by atomic mass is 9.95. The van der Waals surface area contributed by atoms with E-state index in [9.17, 15) is 4.11 Å². The summed E-state index contributed by atoms with van der Waals surface area (Å²) in [7, 11) is 0. The van der Waals surface area contributed by atoms with E-state index in [4.69, 9.17) is 27.3 Å². The van der Waals surface area contributed by atoms with Gasteiger partial charge in [0.2, 0.25) is 0 Å². The Labute approximate surface area is 336 Å². The number of fused-ring (bicyclic) bond motifs is 3. The van der Waals surface area contributed by atoms with Crippen LogP contribution in [0.4, 0.5) is 0 Å². The summed E-state index contributed by atoms with van der Waals surface area (Å²) < 4.78 is 108. The Bertz CT molecular complexity index is 3610. The molecule has 8 aromatic carbocycles. The maximum absolute atomic E-state index is 9.90. The number of benzene rings is 8. The highest BCUT2D eigenvalue weighted by Gasteiger charge is 2.17. The van der Waals surface area contributed by atoms with Gasteiger partial charge in [0.05, 0.1) is 27.5 Å². The van der Waals surface area contributed by atoms with E-state index in [0.29, 0.717) is 28.3 Å². The average molecular weight is 715 g/mol. The molecule has 0 unspecified atom stereocenters. The van der Waals surface area contributed by atoms with Crippen molar-refractivity contribution in [1.82, 2.24) is 19.5 Å². The van der Waals surface area contributed by atoms with Crippen LogP contribution in [0.25, 0.3) is 95.0 Å². The zero-order valence-electron chi connectivity index (χ0n) is 41.0. The molecule has 2 heterocycles. The first-order valence-corrected chi connectivity index (χ1v) is 17.5. The van der Waals surface area contributed by atoms with Gasteiger partial charge >= 0.3 is 0 Å². The molecule has 0 saturated carbocycles. The van der Waals surface area contributed by atoms with Gasteiger partial charge < -0.3 is 4.57 Å². The van der Waals surface area contributed by atoms with Crippen LogP contribution in [-0.2, 0) is 0 Å². The van der Waals surface area contributed by atoms with Gasteiger partial charge in [-0.05, 0) is 81.8 Å². The molecule has 0 saturated heterocycles. The molecule has 0 amide bonds. The Morgan fingerprint density at radius 3 is 1.45 bits per heavy atom. The van der Waals surface area contributed by atoms with Crippen molar-refractivity contribution in [3.05, 3.63) is 206 Å². The van der Waals surface area contributed by atoms with Crippen molar-refractivity contribution in [3.8, 4) is 73.2 Å². The highest BCUT2D eigenvalue weighted by atomic mass is 15.0. The van der Waals surface area contributed by atoms with E-state index in [2.05, 4.69) is 0 Å². The van der Waals surface area contributed by atoms with Crippen LogP contribution >= 0.6 is 0 Å². The lowest BCUT2D eigenvalue weighted by Gasteiger charge is -2.13. The summed E-state index contributed by atoms with van der Waals surface area (Å²) >= 11 is 0. The molecule has 2 aromatic heterocycles. The highest BCUT2D eigenvalue weighted by molar-refractivity contribution is 6.10. The van der Waals surface area contributed by atoms with Crippen LogP contribution in [0.1, 0.15) is 16.4 Å². The smallest absolute Gasteiger partial charge is 0.164 e. The lowest BCUT2D eigenvalue weighted by molar-refractivity contribution is 1.07. The molecular formula is C51H34N4. The van der Waals surface area contributed by atoms with Gasteiger partial charge in [-0.15, -0.1) is 0 Å². The molecule has 10 aromatic rings. The number of hydrogen-bond donors (Lipinski definition) is 0. The normalized spacial score (nSPS) is 14.3. The zero-order chi connectivity index (χ0) is 47.0. The molecule has 0 radical (unpaired) electrons. The van der Waals surface area contributed by atoms with Crippen molar-refractivity contribution < 1.29 is 16.4 Å². The van der Waals surface area contributed by atoms with Gasteiger partial charge in [-0.3, -0.25) is 0 Å². The predicted molar refractivity (Wildman–Crippen MR) is 227 cm³/mol. The first-order chi connectivity index (χ1) is 32.2. The van der Waals surface area contributed by atoms with Gasteiger partial charge in [-0.1, -0.05) is 158 Å². The number of aromatic nitrogens is 4. The Hall–Kier alpha value is -7.43. The lowest BCUT2D eigenvalue weighted by Crippen LogP contribution is -2.00. The minimum Gasteiger partial charge on any atom is -0.309 e. The third-order valence-electron chi connectivity index (χ3n) is 9.37. The van der Waals surface area contributed by atoms with E-state index in [1.807, 2.05) is 121 Å². The van der Waals surface area contributed by atoms with E-state index < -0.39 is 72.2 Å². The van der Waals surface area contributed by atoms with Gasteiger partial charge in [-0.25, -0.2) is 15.0 Å². The molecule has 0 bridgehead atoms. The van der Waals surface area contributed by atoms with Crippen molar-refractivity contribution >= 4 is 21.8 Å². The molecule has 10 rings (SSSR count). The van der Waals surface area contributed by atoms with Crippen molar-refractivity contribution in [2.24, 2.45) is 0 Å². The molecule has 55 heavy (non-hydrogen) atoms. The first-order valence-electron chi connectivity index (χ1n) is 23.5. The monoisotopic (exact) mass is 714 g/mol. The van der Waals surface area contributed by atoms with Crippen LogP contribution in [0.3, 0.4) is 0 Å². The summed E-state index contributed by atoms with van der Waals surface area (Å²) in [6.07, 6.45) is 0. The Morgan fingerprint density at radius 1 is 0.345 bits per heavy atom. The summed E-state index contributed by atoms with van der Waals surface area (Å²) in [6.45, 7) is 0. The third-order valence-corrected chi connectivity index (χ3v) is 9.37. The Kier molecular flexibility index (Phi) is 5.52. The molecule has 258 valence electrons. The van der Waals surface area contributed by atoms with Gasteiger partial charge in [0.15, 0.2) is 17.5 Å². The number of hydrogen-bond acceptors (Lipinski definition) is 3. The molecule has 4 nitrogen and oxygen atoms in total. The van der Waals surface area contributed by atoms with E-state index in [-0.39, 0.29) is 39.2 Å². The fourth-order valence-electron chi connectivity index (χ4n) is 6.73. The summed E-state index contributed by atoms with van der Waals surface area (Å²) in [6, 6.07) is 34.7. The zero-order valence-corrected chi connectivity index (χ0v) is 29.0. The van der Waals surface area contributed by atoms with Crippen molar-refractivity contribution in [2.45, 2.75) is 0 Å². The van der Waals surface area contributed by atoms with Crippen molar-refractivity contribution in [3.63, 3.8) is 0 Å².